The summed E-state index contributed by atoms with van der Waals surface area (Å²) >= 11 is 0. The van der Waals surface area contributed by atoms with Crippen molar-refractivity contribution in [3.8, 4) is 0 Å². The Balaban J connectivity index is 2.15. The van der Waals surface area contributed by atoms with E-state index in [0.29, 0.717) is 0 Å². The summed E-state index contributed by atoms with van der Waals surface area (Å²) in [5, 5.41) is 0. The van der Waals surface area contributed by atoms with Crippen molar-refractivity contribution >= 4 is 0 Å². The number of aromatic nitrogens is 1. The summed E-state index contributed by atoms with van der Waals surface area (Å²) in [6.45, 7) is 6.78. The van der Waals surface area contributed by atoms with Crippen LogP contribution in [0, 0.1) is 5.41 Å². The Kier molecular flexibility index (Phi) is 3.76. The van der Waals surface area contributed by atoms with Crippen LogP contribution in [0.25, 0.3) is 0 Å². The minimum atomic E-state index is -0.0913. The first-order valence-corrected chi connectivity index (χ1v) is 7.19. The fourth-order valence-corrected chi connectivity index (χ4v) is 3.01. The van der Waals surface area contributed by atoms with E-state index in [1.165, 1.54) is 24.8 Å². The standard InChI is InChI=1S/C16H26N2/c1-4-13-7-8-14(18-12-13)11-16(17)10-6-5-9-15(16,2)3/h7-8,12H,4-6,9-11,17H2,1-3H3. The lowest BCUT2D eigenvalue weighted by Crippen LogP contribution is -2.56. The molecule has 1 aromatic rings. The van der Waals surface area contributed by atoms with Crippen molar-refractivity contribution in [2.24, 2.45) is 11.1 Å². The average Bonchev–Trinajstić information content (AvgIpc) is 2.34. The first-order chi connectivity index (χ1) is 8.47. The molecule has 1 atom stereocenters. The topological polar surface area (TPSA) is 38.9 Å². The van der Waals surface area contributed by atoms with Crippen LogP contribution in [0.5, 0.6) is 0 Å². The normalized spacial score (nSPS) is 27.1. The van der Waals surface area contributed by atoms with Crippen LogP contribution in [0.2, 0.25) is 0 Å². The highest BCUT2D eigenvalue weighted by Gasteiger charge is 2.43. The molecule has 1 aromatic heterocycles. The highest BCUT2D eigenvalue weighted by Crippen LogP contribution is 2.43. The highest BCUT2D eigenvalue weighted by atomic mass is 14.8. The SMILES string of the molecule is CCc1ccc(CC2(N)CCCCC2(C)C)nc1. The van der Waals surface area contributed by atoms with Gasteiger partial charge in [0.25, 0.3) is 0 Å². The van der Waals surface area contributed by atoms with Gasteiger partial charge in [-0.05, 0) is 36.3 Å². The molecule has 0 radical (unpaired) electrons. The molecule has 0 spiro atoms. The van der Waals surface area contributed by atoms with Gasteiger partial charge < -0.3 is 5.73 Å². The zero-order valence-corrected chi connectivity index (χ0v) is 12.0. The zero-order valence-electron chi connectivity index (χ0n) is 12.0. The molecule has 1 unspecified atom stereocenters. The average molecular weight is 246 g/mol. The monoisotopic (exact) mass is 246 g/mol. The van der Waals surface area contributed by atoms with Gasteiger partial charge in [0.15, 0.2) is 0 Å². The Hall–Kier alpha value is -0.890. The van der Waals surface area contributed by atoms with E-state index in [9.17, 15) is 0 Å². The van der Waals surface area contributed by atoms with Gasteiger partial charge in [-0.15, -0.1) is 0 Å². The molecule has 0 aromatic carbocycles. The number of hydrogen-bond acceptors (Lipinski definition) is 2. The number of aryl methyl sites for hydroxylation is 1. The number of nitrogens with zero attached hydrogens (tertiary/aromatic N) is 1. The van der Waals surface area contributed by atoms with Gasteiger partial charge in [-0.2, -0.15) is 0 Å². The lowest BCUT2D eigenvalue weighted by molar-refractivity contribution is 0.0981. The third kappa shape index (κ3) is 2.59. The summed E-state index contributed by atoms with van der Waals surface area (Å²) in [6, 6.07) is 4.33. The molecule has 1 heterocycles. The summed E-state index contributed by atoms with van der Waals surface area (Å²) < 4.78 is 0. The molecule has 2 N–H and O–H groups in total. The second-order valence-electron chi connectivity index (χ2n) is 6.44. The molecule has 0 bridgehead atoms. The number of hydrogen-bond donors (Lipinski definition) is 1. The van der Waals surface area contributed by atoms with Crippen molar-refractivity contribution < 1.29 is 0 Å². The fraction of sp³-hybridized carbons (Fsp3) is 0.688. The van der Waals surface area contributed by atoms with Crippen LogP contribution in [0.1, 0.15) is 57.7 Å². The maximum absolute atomic E-state index is 6.70. The maximum Gasteiger partial charge on any atom is 0.0422 e. The molecule has 2 rings (SSSR count). The molecule has 2 nitrogen and oxygen atoms in total. The van der Waals surface area contributed by atoms with E-state index in [1.807, 2.05) is 6.20 Å². The summed E-state index contributed by atoms with van der Waals surface area (Å²) in [5.41, 5.74) is 9.27. The molecule has 0 amide bonds. The second kappa shape index (κ2) is 5.00. The molecular formula is C16H26N2. The predicted octanol–water partition coefficient (Wildman–Crippen LogP) is 3.48. The van der Waals surface area contributed by atoms with Crippen LogP contribution in [-0.4, -0.2) is 10.5 Å². The van der Waals surface area contributed by atoms with Gasteiger partial charge >= 0.3 is 0 Å². The Morgan fingerprint density at radius 1 is 1.22 bits per heavy atom. The Labute approximate surface area is 111 Å². The zero-order chi connectivity index (χ0) is 13.2. The lowest BCUT2D eigenvalue weighted by Gasteiger charge is -2.48. The minimum absolute atomic E-state index is 0.0913. The molecule has 1 fully saturated rings. The summed E-state index contributed by atoms with van der Waals surface area (Å²) in [7, 11) is 0. The predicted molar refractivity (Wildman–Crippen MR) is 76.5 cm³/mol. The van der Waals surface area contributed by atoms with E-state index >= 15 is 0 Å². The molecule has 1 saturated carbocycles. The van der Waals surface area contributed by atoms with E-state index in [4.69, 9.17) is 5.73 Å². The molecule has 0 saturated heterocycles. The summed E-state index contributed by atoms with van der Waals surface area (Å²) in [4.78, 5) is 4.57. The van der Waals surface area contributed by atoms with Crippen molar-refractivity contribution in [3.05, 3.63) is 29.6 Å². The maximum atomic E-state index is 6.70. The molecular weight excluding hydrogens is 220 g/mol. The van der Waals surface area contributed by atoms with Crippen LogP contribution >= 0.6 is 0 Å². The summed E-state index contributed by atoms with van der Waals surface area (Å²) in [6.07, 6.45) is 8.87. The van der Waals surface area contributed by atoms with Crippen LogP contribution in [0.3, 0.4) is 0 Å². The van der Waals surface area contributed by atoms with Gasteiger partial charge in [-0.25, -0.2) is 0 Å². The van der Waals surface area contributed by atoms with Crippen LogP contribution in [0.4, 0.5) is 0 Å². The Morgan fingerprint density at radius 2 is 1.94 bits per heavy atom. The van der Waals surface area contributed by atoms with E-state index in [1.54, 1.807) is 0 Å². The van der Waals surface area contributed by atoms with Gasteiger partial charge in [0.1, 0.15) is 0 Å². The number of nitrogens with two attached hydrogens (primary N) is 1. The Bertz CT molecular complexity index is 394. The van der Waals surface area contributed by atoms with Crippen LogP contribution < -0.4 is 5.73 Å². The fourth-order valence-electron chi connectivity index (χ4n) is 3.01. The van der Waals surface area contributed by atoms with Crippen molar-refractivity contribution in [2.75, 3.05) is 0 Å². The van der Waals surface area contributed by atoms with Crippen molar-refractivity contribution in [1.82, 2.24) is 4.98 Å². The molecule has 18 heavy (non-hydrogen) atoms. The third-order valence-electron chi connectivity index (χ3n) is 4.81. The minimum Gasteiger partial charge on any atom is -0.324 e. The first kappa shape index (κ1) is 13.5. The van der Waals surface area contributed by atoms with Gasteiger partial charge in [-0.1, -0.05) is 39.7 Å². The van der Waals surface area contributed by atoms with Gasteiger partial charge in [-0.3, -0.25) is 4.98 Å². The second-order valence-corrected chi connectivity index (χ2v) is 6.44. The van der Waals surface area contributed by atoms with Crippen molar-refractivity contribution in [3.63, 3.8) is 0 Å². The smallest absolute Gasteiger partial charge is 0.0422 e. The van der Waals surface area contributed by atoms with Gasteiger partial charge in [0.05, 0.1) is 0 Å². The van der Waals surface area contributed by atoms with E-state index < -0.39 is 0 Å². The molecule has 2 heteroatoms. The Morgan fingerprint density at radius 3 is 2.50 bits per heavy atom. The molecule has 1 aliphatic carbocycles. The number of rotatable bonds is 3. The van der Waals surface area contributed by atoms with Crippen molar-refractivity contribution in [1.29, 1.82) is 0 Å². The van der Waals surface area contributed by atoms with Gasteiger partial charge in [0, 0.05) is 23.9 Å². The number of pyridine rings is 1. The largest absolute Gasteiger partial charge is 0.324 e. The van der Waals surface area contributed by atoms with Gasteiger partial charge in [0.2, 0.25) is 0 Å². The van der Waals surface area contributed by atoms with E-state index in [-0.39, 0.29) is 11.0 Å². The van der Waals surface area contributed by atoms with Crippen molar-refractivity contribution in [2.45, 2.75) is 64.8 Å². The molecule has 100 valence electrons. The lowest BCUT2D eigenvalue weighted by atomic mass is 9.62. The van der Waals surface area contributed by atoms with Crippen LogP contribution in [-0.2, 0) is 12.8 Å². The molecule has 1 aliphatic rings. The third-order valence-corrected chi connectivity index (χ3v) is 4.81. The quantitative estimate of drug-likeness (QED) is 0.886. The van der Waals surface area contributed by atoms with E-state index in [2.05, 4.69) is 37.9 Å². The summed E-state index contributed by atoms with van der Waals surface area (Å²) in [5.74, 6) is 0. The highest BCUT2D eigenvalue weighted by molar-refractivity contribution is 5.17. The first-order valence-electron chi connectivity index (χ1n) is 7.19. The van der Waals surface area contributed by atoms with E-state index in [0.717, 1.165) is 25.0 Å². The van der Waals surface area contributed by atoms with Crippen LogP contribution in [0.15, 0.2) is 18.3 Å². The molecule has 0 aliphatic heterocycles.